The van der Waals surface area contributed by atoms with Crippen molar-refractivity contribution in [2.45, 2.75) is 7.43 Å². The van der Waals surface area contributed by atoms with Crippen molar-refractivity contribution in [3.8, 4) is 55.6 Å². The number of nitrogens with zero attached hydrogens (tertiary/aromatic N) is 2. The molecule has 0 saturated heterocycles. The zero-order valence-corrected chi connectivity index (χ0v) is 61.5. The molecular weight excluding hydrogens is 1470 g/mol. The second-order valence-corrected chi connectivity index (χ2v) is 26.6. The third kappa shape index (κ3) is 14.0. The van der Waals surface area contributed by atoms with Crippen LogP contribution < -0.4 is 15.3 Å². The lowest BCUT2D eigenvalue weighted by Crippen LogP contribution is -2.29. The van der Waals surface area contributed by atoms with Gasteiger partial charge in [-0.15, -0.1) is 0 Å². The van der Waals surface area contributed by atoms with Crippen molar-refractivity contribution in [1.29, 1.82) is 0 Å². The van der Waals surface area contributed by atoms with Gasteiger partial charge in [-0.3, -0.25) is 0 Å². The number of para-hydroxylation sites is 4. The number of rotatable bonds is 12. The highest BCUT2D eigenvalue weighted by Crippen LogP contribution is 2.47. The lowest BCUT2D eigenvalue weighted by atomic mass is 9.80. The van der Waals surface area contributed by atoms with Crippen LogP contribution in [-0.2, 0) is 0 Å². The molecular formula is C98H71BClIN2O6. The second kappa shape index (κ2) is 31.4. The first kappa shape index (κ1) is 70.6. The minimum atomic E-state index is -1.49. The summed E-state index contributed by atoms with van der Waals surface area (Å²) in [6.07, 6.45) is 0. The van der Waals surface area contributed by atoms with Crippen molar-refractivity contribution >= 4 is 169 Å². The first-order valence-corrected chi connectivity index (χ1v) is 38.2. The largest absolute Gasteiger partial charge is 0.488 e. The number of anilines is 6. The molecule has 4 heterocycles. The first-order valence-electron chi connectivity index (χ1n) is 35.6. The number of alkyl halides is 1. The molecule has 0 aliphatic heterocycles. The van der Waals surface area contributed by atoms with Gasteiger partial charge in [0, 0.05) is 72.5 Å². The summed E-state index contributed by atoms with van der Waals surface area (Å²) in [5, 5.41) is 28.0. The molecule has 0 amide bonds. The fourth-order valence-electron chi connectivity index (χ4n) is 14.6. The maximum atomic E-state index is 9.51. The molecule has 0 bridgehead atoms. The minimum absolute atomic E-state index is 0. The monoisotopic (exact) mass is 1540 g/mol. The average molecular weight is 1550 g/mol. The van der Waals surface area contributed by atoms with Crippen LogP contribution in [0.1, 0.15) is 7.43 Å². The van der Waals surface area contributed by atoms with Gasteiger partial charge in [0.25, 0.3) is 0 Å². The van der Waals surface area contributed by atoms with Gasteiger partial charge in [0.1, 0.15) is 44.7 Å². The average Bonchev–Trinajstić information content (AvgIpc) is 1.57. The fourth-order valence-corrected chi connectivity index (χ4v) is 14.9. The maximum Gasteiger partial charge on any atom is 0.488 e. The lowest BCUT2D eigenvalue weighted by molar-refractivity contribution is 0.426. The molecule has 2 N–H and O–H groups in total. The minimum Gasteiger partial charge on any atom is -0.456 e. The smallest absolute Gasteiger partial charge is 0.456 e. The molecule has 0 fully saturated rings. The van der Waals surface area contributed by atoms with Gasteiger partial charge in [-0.05, 0) is 169 Å². The van der Waals surface area contributed by atoms with E-state index in [9.17, 15) is 10.0 Å². The second-order valence-electron chi connectivity index (χ2n) is 26.2. The van der Waals surface area contributed by atoms with Gasteiger partial charge >= 0.3 is 7.12 Å². The van der Waals surface area contributed by atoms with Crippen LogP contribution in [0.25, 0.3) is 143 Å². The molecule has 20 rings (SSSR count). The summed E-state index contributed by atoms with van der Waals surface area (Å²) in [5.74, 6) is 0. The standard InChI is InChI=1S/C48H31NO2.C30H24BNO2.C18H9ClO2.CH3I.CH4/c1-3-11-32(12-4-1)34-19-25-37(26-20-34)49(38-27-21-35(22-28-38)33-13-5-2-6-14-33)39-29-23-36(24-30-39)42-31-45-47(41-16-8-9-17-43(41)50-45)48-46(42)40-15-7-10-18-44(40)51-48;33-31(34)27-15-21-30(22-16-27)32(28-17-11-25(12-18-28)23-7-3-1-4-8-23)29-19-13-26(14-20-29)24-9-5-2-6-10-24;19-12-9-15-17(11-6-2-3-7-13(11)20-15)18-16(12)10-5-1-4-8-14(10)21-18;1-2;/h1-31H;1-22,33-34H;1-9H;1H3;1H4. The van der Waals surface area contributed by atoms with Gasteiger partial charge in [0.05, 0.1) is 15.8 Å². The number of furan rings is 4. The Morgan fingerprint density at radius 3 is 0.835 bits per heavy atom. The molecule has 0 aliphatic carbocycles. The number of benzene rings is 16. The van der Waals surface area contributed by atoms with Crippen molar-refractivity contribution in [3.63, 3.8) is 0 Å². The molecule has 8 nitrogen and oxygen atoms in total. The molecule has 20 aromatic rings. The van der Waals surface area contributed by atoms with E-state index in [0.29, 0.717) is 10.5 Å². The Bertz CT molecular complexity index is 6350. The Labute approximate surface area is 650 Å². The van der Waals surface area contributed by atoms with Crippen molar-refractivity contribution in [3.05, 3.63) is 381 Å². The SMILES string of the molecule is C.CI.Clc1cc2oc3ccccc3c2c2oc3ccccc3c12.OB(O)c1ccc(N(c2ccc(-c3ccccc3)cc2)c2ccc(-c3ccccc3)cc2)cc1.c1ccc(-c2ccc(N(c3ccc(-c4ccccc4)cc3)c3ccc(-c4cc5oc6ccccc6c5c5oc6ccccc6c45)cc3)cc2)cc1. The summed E-state index contributed by atoms with van der Waals surface area (Å²) < 4.78 is 25.0. The van der Waals surface area contributed by atoms with Crippen LogP contribution in [0.5, 0.6) is 0 Å². The predicted octanol–water partition coefficient (Wildman–Crippen LogP) is 28.0. The molecule has 0 spiro atoms. The highest BCUT2D eigenvalue weighted by atomic mass is 127. The predicted molar refractivity (Wildman–Crippen MR) is 466 cm³/mol. The van der Waals surface area contributed by atoms with Gasteiger partial charge in [-0.25, -0.2) is 0 Å². The quantitative estimate of drug-likeness (QED) is 0.0709. The number of halogens is 2. The van der Waals surface area contributed by atoms with E-state index in [0.717, 1.165) is 144 Å². The van der Waals surface area contributed by atoms with Crippen LogP contribution >= 0.6 is 34.2 Å². The Morgan fingerprint density at radius 1 is 0.257 bits per heavy atom. The van der Waals surface area contributed by atoms with E-state index in [-0.39, 0.29) is 7.43 Å². The molecule has 0 atom stereocenters. The van der Waals surface area contributed by atoms with E-state index in [1.165, 1.54) is 33.4 Å². The topological polar surface area (TPSA) is 99.5 Å². The van der Waals surface area contributed by atoms with Gasteiger partial charge in [-0.2, -0.15) is 0 Å². The van der Waals surface area contributed by atoms with Crippen LogP contribution in [0, 0.1) is 0 Å². The Balaban J connectivity index is 0.000000134. The van der Waals surface area contributed by atoms with Gasteiger partial charge in [0.2, 0.25) is 0 Å². The van der Waals surface area contributed by atoms with Crippen LogP contribution in [0.3, 0.4) is 0 Å². The molecule has 0 saturated carbocycles. The number of hydrogen-bond acceptors (Lipinski definition) is 8. The van der Waals surface area contributed by atoms with Crippen LogP contribution in [0.15, 0.2) is 394 Å². The molecule has 0 aliphatic rings. The first-order chi connectivity index (χ1) is 53.3. The van der Waals surface area contributed by atoms with Crippen molar-refractivity contribution < 1.29 is 27.7 Å². The molecule has 11 heteroatoms. The van der Waals surface area contributed by atoms with E-state index >= 15 is 0 Å². The van der Waals surface area contributed by atoms with Gasteiger partial charge in [0.15, 0.2) is 0 Å². The maximum absolute atomic E-state index is 9.51. The highest BCUT2D eigenvalue weighted by Gasteiger charge is 2.24. The van der Waals surface area contributed by atoms with Crippen molar-refractivity contribution in [2.75, 3.05) is 14.7 Å². The Morgan fingerprint density at radius 2 is 0.505 bits per heavy atom. The molecule has 16 aromatic carbocycles. The number of fused-ring (bicyclic) bond motifs is 14. The zero-order chi connectivity index (χ0) is 73.0. The van der Waals surface area contributed by atoms with E-state index in [1.807, 2.05) is 132 Å². The van der Waals surface area contributed by atoms with Crippen LogP contribution in [0.2, 0.25) is 5.02 Å². The third-order valence-electron chi connectivity index (χ3n) is 19.7. The Kier molecular flexibility index (Phi) is 20.4. The summed E-state index contributed by atoms with van der Waals surface area (Å²) in [6.45, 7) is 0. The summed E-state index contributed by atoms with van der Waals surface area (Å²) in [7, 11) is -1.49. The third-order valence-corrected chi connectivity index (χ3v) is 20.0. The molecule has 0 unspecified atom stereocenters. The van der Waals surface area contributed by atoms with Gasteiger partial charge in [-0.1, -0.05) is 309 Å². The van der Waals surface area contributed by atoms with Crippen LogP contribution in [0.4, 0.5) is 34.1 Å². The van der Waals surface area contributed by atoms with E-state index in [4.69, 9.17) is 29.3 Å². The molecule has 0 radical (unpaired) electrons. The van der Waals surface area contributed by atoms with Crippen molar-refractivity contribution in [1.82, 2.24) is 0 Å². The van der Waals surface area contributed by atoms with E-state index < -0.39 is 7.12 Å². The van der Waals surface area contributed by atoms with E-state index in [2.05, 4.69) is 269 Å². The van der Waals surface area contributed by atoms with Crippen molar-refractivity contribution in [2.24, 2.45) is 0 Å². The molecule has 526 valence electrons. The fraction of sp³-hybridized carbons (Fsp3) is 0.0204. The highest BCUT2D eigenvalue weighted by molar-refractivity contribution is 14.1. The number of hydrogen-bond donors (Lipinski definition) is 2. The summed E-state index contributed by atoms with van der Waals surface area (Å²) in [6, 6.07) is 129. The van der Waals surface area contributed by atoms with E-state index in [1.54, 1.807) is 12.1 Å². The lowest BCUT2D eigenvalue weighted by Gasteiger charge is -2.26. The normalized spacial score (nSPS) is 11.1. The zero-order valence-electron chi connectivity index (χ0n) is 58.6. The Hall–Kier alpha value is -12.7. The molecule has 109 heavy (non-hydrogen) atoms. The molecule has 4 aromatic heterocycles. The summed E-state index contributed by atoms with van der Waals surface area (Å²) >= 11 is 8.61. The summed E-state index contributed by atoms with van der Waals surface area (Å²) in [4.78, 5) is 6.45. The summed E-state index contributed by atoms with van der Waals surface area (Å²) in [5.41, 5.74) is 24.9. The van der Waals surface area contributed by atoms with Gasteiger partial charge < -0.3 is 37.5 Å². The van der Waals surface area contributed by atoms with Crippen LogP contribution in [-0.4, -0.2) is 22.1 Å².